The highest BCUT2D eigenvalue weighted by molar-refractivity contribution is 6.07. The maximum atomic E-state index is 12.6. The van der Waals surface area contributed by atoms with Crippen LogP contribution in [0, 0.1) is 6.92 Å². The SMILES string of the molecule is COc1cc2c(cc1NC(=O)CCc1ncc(-c3ccc(C)cc3)o1)oc1ccccc12. The van der Waals surface area contributed by atoms with Crippen LogP contribution in [-0.4, -0.2) is 18.0 Å². The van der Waals surface area contributed by atoms with Crippen molar-refractivity contribution in [3.8, 4) is 17.1 Å². The van der Waals surface area contributed by atoms with Gasteiger partial charge < -0.3 is 18.9 Å². The van der Waals surface area contributed by atoms with Crippen LogP contribution >= 0.6 is 0 Å². The molecule has 0 aliphatic rings. The Balaban J connectivity index is 1.30. The van der Waals surface area contributed by atoms with Crippen LogP contribution in [0.5, 0.6) is 5.75 Å². The lowest BCUT2D eigenvalue weighted by Crippen LogP contribution is -2.13. The van der Waals surface area contributed by atoms with Crippen molar-refractivity contribution in [1.29, 1.82) is 0 Å². The van der Waals surface area contributed by atoms with Gasteiger partial charge in [-0.25, -0.2) is 4.98 Å². The van der Waals surface area contributed by atoms with Gasteiger partial charge in [0, 0.05) is 35.2 Å². The minimum Gasteiger partial charge on any atom is -0.495 e. The lowest BCUT2D eigenvalue weighted by molar-refractivity contribution is -0.116. The fourth-order valence-corrected chi connectivity index (χ4v) is 3.73. The molecular weight excluding hydrogens is 404 g/mol. The molecule has 5 aromatic rings. The fraction of sp³-hybridized carbons (Fsp3) is 0.154. The summed E-state index contributed by atoms with van der Waals surface area (Å²) in [5.41, 5.74) is 4.19. The number of amides is 1. The topological polar surface area (TPSA) is 77.5 Å². The van der Waals surface area contributed by atoms with Gasteiger partial charge in [-0.1, -0.05) is 48.0 Å². The maximum absolute atomic E-state index is 12.6. The lowest BCUT2D eigenvalue weighted by Gasteiger charge is -2.10. The first-order chi connectivity index (χ1) is 15.6. The average molecular weight is 426 g/mol. The summed E-state index contributed by atoms with van der Waals surface area (Å²) in [6.45, 7) is 2.04. The Morgan fingerprint density at radius 3 is 2.62 bits per heavy atom. The van der Waals surface area contributed by atoms with Crippen LogP contribution in [0.1, 0.15) is 17.9 Å². The molecule has 160 valence electrons. The molecule has 0 saturated carbocycles. The molecule has 0 spiro atoms. The number of methoxy groups -OCH3 is 1. The highest BCUT2D eigenvalue weighted by atomic mass is 16.5. The van der Waals surface area contributed by atoms with Crippen LogP contribution in [-0.2, 0) is 11.2 Å². The number of oxazole rings is 1. The molecule has 1 amide bonds. The number of nitrogens with zero attached hydrogens (tertiary/aromatic N) is 1. The Morgan fingerprint density at radius 2 is 1.81 bits per heavy atom. The average Bonchev–Trinajstić information content (AvgIpc) is 3.42. The molecule has 0 bridgehead atoms. The van der Waals surface area contributed by atoms with Gasteiger partial charge in [0.1, 0.15) is 16.9 Å². The van der Waals surface area contributed by atoms with Gasteiger partial charge in [-0.15, -0.1) is 0 Å². The number of para-hydroxylation sites is 1. The monoisotopic (exact) mass is 426 g/mol. The standard InChI is InChI=1S/C26H22N2O4/c1-16-7-9-17(10-8-16)24-15-27-26(32-24)12-11-25(29)28-20-14-22-19(13-23(20)30-2)18-5-3-4-6-21(18)31-22/h3-10,13-15H,11-12H2,1-2H3,(H,28,29). The minimum atomic E-state index is -0.158. The normalized spacial score (nSPS) is 11.2. The summed E-state index contributed by atoms with van der Waals surface area (Å²) in [6.07, 6.45) is 2.32. The molecule has 2 aromatic heterocycles. The second-order valence-electron chi connectivity index (χ2n) is 7.68. The molecule has 6 nitrogen and oxygen atoms in total. The van der Waals surface area contributed by atoms with Crippen LogP contribution in [0.3, 0.4) is 0 Å². The molecule has 0 aliphatic carbocycles. The number of aromatic nitrogens is 1. The van der Waals surface area contributed by atoms with Gasteiger partial charge in [0.15, 0.2) is 11.7 Å². The summed E-state index contributed by atoms with van der Waals surface area (Å²) < 4.78 is 17.2. The molecule has 0 saturated heterocycles. The van der Waals surface area contributed by atoms with Crippen molar-refractivity contribution in [2.45, 2.75) is 19.8 Å². The summed E-state index contributed by atoms with van der Waals surface area (Å²) in [6, 6.07) is 19.5. The molecule has 6 heteroatoms. The van der Waals surface area contributed by atoms with Crippen molar-refractivity contribution in [2.24, 2.45) is 0 Å². The number of nitrogens with one attached hydrogen (secondary N) is 1. The van der Waals surface area contributed by atoms with Gasteiger partial charge in [0.25, 0.3) is 0 Å². The zero-order chi connectivity index (χ0) is 22.1. The first-order valence-electron chi connectivity index (χ1n) is 10.4. The predicted molar refractivity (Wildman–Crippen MR) is 124 cm³/mol. The highest BCUT2D eigenvalue weighted by Gasteiger charge is 2.15. The van der Waals surface area contributed by atoms with E-state index in [1.54, 1.807) is 19.4 Å². The molecule has 1 N–H and O–H groups in total. The Labute approximate surface area is 184 Å². The second kappa shape index (κ2) is 8.23. The van der Waals surface area contributed by atoms with Gasteiger partial charge >= 0.3 is 0 Å². The Hall–Kier alpha value is -4.06. The van der Waals surface area contributed by atoms with Crippen molar-refractivity contribution in [3.63, 3.8) is 0 Å². The number of hydrogen-bond acceptors (Lipinski definition) is 5. The third-order valence-electron chi connectivity index (χ3n) is 5.43. The number of fused-ring (bicyclic) bond motifs is 3. The van der Waals surface area contributed by atoms with Crippen molar-refractivity contribution in [1.82, 2.24) is 4.98 Å². The van der Waals surface area contributed by atoms with E-state index in [0.717, 1.165) is 21.9 Å². The van der Waals surface area contributed by atoms with E-state index in [1.807, 2.05) is 61.5 Å². The van der Waals surface area contributed by atoms with Crippen molar-refractivity contribution in [2.75, 3.05) is 12.4 Å². The smallest absolute Gasteiger partial charge is 0.224 e. The number of ether oxygens (including phenoxy) is 1. The molecule has 0 unspecified atom stereocenters. The molecule has 5 rings (SSSR count). The van der Waals surface area contributed by atoms with Gasteiger partial charge in [0.2, 0.25) is 5.91 Å². The summed E-state index contributed by atoms with van der Waals surface area (Å²) in [4.78, 5) is 16.9. The first-order valence-corrected chi connectivity index (χ1v) is 10.4. The van der Waals surface area contributed by atoms with E-state index in [1.165, 1.54) is 5.56 Å². The Bertz CT molecular complexity index is 1410. The third-order valence-corrected chi connectivity index (χ3v) is 5.43. The van der Waals surface area contributed by atoms with Crippen LogP contribution in [0.15, 0.2) is 75.7 Å². The second-order valence-corrected chi connectivity index (χ2v) is 7.68. The molecular formula is C26H22N2O4. The van der Waals surface area contributed by atoms with Gasteiger partial charge in [-0.3, -0.25) is 4.79 Å². The third kappa shape index (κ3) is 3.83. The largest absolute Gasteiger partial charge is 0.495 e. The number of furan rings is 1. The summed E-state index contributed by atoms with van der Waals surface area (Å²) in [5, 5.41) is 4.87. The van der Waals surface area contributed by atoms with E-state index in [0.29, 0.717) is 35.1 Å². The van der Waals surface area contributed by atoms with E-state index in [9.17, 15) is 4.79 Å². The fourth-order valence-electron chi connectivity index (χ4n) is 3.73. The van der Waals surface area contributed by atoms with E-state index in [4.69, 9.17) is 13.6 Å². The number of benzene rings is 3. The predicted octanol–water partition coefficient (Wildman–Crippen LogP) is 6.13. The number of anilines is 1. The zero-order valence-electron chi connectivity index (χ0n) is 17.8. The molecule has 0 radical (unpaired) electrons. The van der Waals surface area contributed by atoms with Crippen LogP contribution < -0.4 is 10.1 Å². The van der Waals surface area contributed by atoms with Crippen LogP contribution in [0.2, 0.25) is 0 Å². The first kappa shape index (κ1) is 19.9. The molecule has 0 fully saturated rings. The van der Waals surface area contributed by atoms with Gasteiger partial charge in [-0.05, 0) is 19.1 Å². The van der Waals surface area contributed by atoms with Crippen molar-refractivity contribution in [3.05, 3.63) is 78.3 Å². The number of rotatable bonds is 6. The summed E-state index contributed by atoms with van der Waals surface area (Å²) >= 11 is 0. The van der Waals surface area contributed by atoms with Gasteiger partial charge in [-0.2, -0.15) is 0 Å². The minimum absolute atomic E-state index is 0.158. The molecule has 2 heterocycles. The lowest BCUT2D eigenvalue weighted by atomic mass is 10.1. The summed E-state index contributed by atoms with van der Waals surface area (Å²) in [5.74, 6) is 1.64. The van der Waals surface area contributed by atoms with E-state index in [-0.39, 0.29) is 12.3 Å². The number of hydrogen-bond donors (Lipinski definition) is 1. The van der Waals surface area contributed by atoms with E-state index in [2.05, 4.69) is 10.3 Å². The molecule has 32 heavy (non-hydrogen) atoms. The molecule has 3 aromatic carbocycles. The molecule has 0 atom stereocenters. The Morgan fingerprint density at radius 1 is 1.00 bits per heavy atom. The van der Waals surface area contributed by atoms with E-state index < -0.39 is 0 Å². The van der Waals surface area contributed by atoms with Crippen LogP contribution in [0.25, 0.3) is 33.3 Å². The summed E-state index contributed by atoms with van der Waals surface area (Å²) in [7, 11) is 1.58. The van der Waals surface area contributed by atoms with Gasteiger partial charge in [0.05, 0.1) is 19.0 Å². The quantitative estimate of drug-likeness (QED) is 0.353. The van der Waals surface area contributed by atoms with Crippen molar-refractivity contribution < 1.29 is 18.4 Å². The van der Waals surface area contributed by atoms with E-state index >= 15 is 0 Å². The van der Waals surface area contributed by atoms with Crippen LogP contribution in [0.4, 0.5) is 5.69 Å². The maximum Gasteiger partial charge on any atom is 0.224 e. The Kier molecular flexibility index (Phi) is 5.11. The molecule has 0 aliphatic heterocycles. The number of aryl methyl sites for hydroxylation is 2. The highest BCUT2D eigenvalue weighted by Crippen LogP contribution is 2.36. The van der Waals surface area contributed by atoms with Crippen molar-refractivity contribution >= 4 is 33.5 Å². The number of carbonyl (C=O) groups is 1. The number of carbonyl (C=O) groups excluding carboxylic acids is 1. The zero-order valence-corrected chi connectivity index (χ0v) is 17.8.